The number of aromatic hydroxyl groups is 1. The maximum atomic E-state index is 10.4. The fourth-order valence-electron chi connectivity index (χ4n) is 2.96. The zero-order chi connectivity index (χ0) is 17.6. The van der Waals surface area contributed by atoms with Crippen LogP contribution in [0.3, 0.4) is 0 Å². The summed E-state index contributed by atoms with van der Waals surface area (Å²) in [5.41, 5.74) is 0.796. The number of rotatable bonds is 7. The molecule has 0 aromatic heterocycles. The first kappa shape index (κ1) is 18.5. The van der Waals surface area contributed by atoms with Crippen LogP contribution in [0.1, 0.15) is 51.2 Å². The summed E-state index contributed by atoms with van der Waals surface area (Å²) < 4.78 is 11.9. The van der Waals surface area contributed by atoms with E-state index < -0.39 is 11.8 Å². The Morgan fingerprint density at radius 3 is 2.79 bits per heavy atom. The zero-order valence-corrected chi connectivity index (χ0v) is 14.3. The zero-order valence-electron chi connectivity index (χ0n) is 14.3. The fourth-order valence-corrected chi connectivity index (χ4v) is 2.96. The Morgan fingerprint density at radius 2 is 2.08 bits per heavy atom. The lowest BCUT2D eigenvalue weighted by atomic mass is 9.89. The van der Waals surface area contributed by atoms with Gasteiger partial charge in [0.25, 0.3) is 0 Å². The van der Waals surface area contributed by atoms with Crippen molar-refractivity contribution in [2.45, 2.75) is 51.4 Å². The molecule has 0 bridgehead atoms. The van der Waals surface area contributed by atoms with Gasteiger partial charge in [-0.25, -0.2) is 4.79 Å². The van der Waals surface area contributed by atoms with Crippen LogP contribution in [0, 0.1) is 5.92 Å². The third kappa shape index (κ3) is 5.35. The lowest BCUT2D eigenvalue weighted by Crippen LogP contribution is -2.41. The molecule has 5 heteroatoms. The number of hydrogen-bond donors (Lipinski definition) is 2. The fraction of sp³-hybridized carbons (Fsp3) is 0.526. The first-order valence-corrected chi connectivity index (χ1v) is 8.38. The summed E-state index contributed by atoms with van der Waals surface area (Å²) >= 11 is 0. The molecular formula is C19H26O5. The molecule has 1 aliphatic rings. The molecule has 2 atom stereocenters. The SMILES string of the molecule is CC1(C)OCC(CCCCC=CC(=O)O)C(c2ccccc2O)O1. The van der Waals surface area contributed by atoms with Gasteiger partial charge in [-0.15, -0.1) is 0 Å². The molecule has 1 fully saturated rings. The second kappa shape index (κ2) is 8.31. The van der Waals surface area contributed by atoms with Crippen LogP contribution in [0.4, 0.5) is 0 Å². The monoisotopic (exact) mass is 334 g/mol. The van der Waals surface area contributed by atoms with Gasteiger partial charge >= 0.3 is 5.97 Å². The predicted molar refractivity (Wildman–Crippen MR) is 90.7 cm³/mol. The van der Waals surface area contributed by atoms with E-state index in [9.17, 15) is 9.90 Å². The highest BCUT2D eigenvalue weighted by molar-refractivity contribution is 5.79. The molecule has 0 saturated carbocycles. The normalized spacial score (nSPS) is 23.4. The largest absolute Gasteiger partial charge is 0.508 e. The number of carboxylic acid groups (broad SMARTS) is 1. The van der Waals surface area contributed by atoms with E-state index in [0.29, 0.717) is 6.61 Å². The second-order valence-corrected chi connectivity index (χ2v) is 6.59. The highest BCUT2D eigenvalue weighted by Gasteiger charge is 2.38. The number of aliphatic carboxylic acids is 1. The molecule has 1 heterocycles. The summed E-state index contributed by atoms with van der Waals surface area (Å²) in [6.07, 6.45) is 6.16. The average molecular weight is 334 g/mol. The highest BCUT2D eigenvalue weighted by atomic mass is 16.7. The molecule has 1 aromatic rings. The molecule has 24 heavy (non-hydrogen) atoms. The van der Waals surface area contributed by atoms with E-state index in [0.717, 1.165) is 31.2 Å². The predicted octanol–water partition coefficient (Wildman–Crippen LogP) is 4.03. The molecule has 0 amide bonds. The Labute approximate surface area is 142 Å². The third-order valence-electron chi connectivity index (χ3n) is 4.18. The van der Waals surface area contributed by atoms with Crippen molar-refractivity contribution in [3.63, 3.8) is 0 Å². The Hall–Kier alpha value is -1.85. The van der Waals surface area contributed by atoms with Crippen molar-refractivity contribution in [3.8, 4) is 5.75 Å². The lowest BCUT2D eigenvalue weighted by molar-refractivity contribution is -0.296. The molecule has 1 aromatic carbocycles. The standard InChI is InChI=1S/C19H26O5/c1-19(2)23-13-14(9-5-3-4-6-12-17(21)22)18(24-19)15-10-7-8-11-16(15)20/h6-8,10-12,14,18,20H,3-5,9,13H2,1-2H3,(H,21,22). The van der Waals surface area contributed by atoms with E-state index in [-0.39, 0.29) is 17.8 Å². The molecule has 2 unspecified atom stereocenters. The van der Waals surface area contributed by atoms with Crippen LogP contribution in [-0.4, -0.2) is 28.6 Å². The van der Waals surface area contributed by atoms with Gasteiger partial charge < -0.3 is 19.7 Å². The van der Waals surface area contributed by atoms with Crippen molar-refractivity contribution in [2.24, 2.45) is 5.92 Å². The first-order chi connectivity index (χ1) is 11.4. The van der Waals surface area contributed by atoms with E-state index in [1.54, 1.807) is 18.2 Å². The van der Waals surface area contributed by atoms with Gasteiger partial charge in [-0.2, -0.15) is 0 Å². The van der Waals surface area contributed by atoms with Gasteiger partial charge in [0, 0.05) is 17.6 Å². The van der Waals surface area contributed by atoms with Gasteiger partial charge in [-0.05, 0) is 39.2 Å². The number of unbranched alkanes of at least 4 members (excludes halogenated alkanes) is 2. The number of para-hydroxylation sites is 1. The van der Waals surface area contributed by atoms with E-state index >= 15 is 0 Å². The van der Waals surface area contributed by atoms with Crippen molar-refractivity contribution in [1.29, 1.82) is 0 Å². The number of ether oxygens (including phenoxy) is 2. The van der Waals surface area contributed by atoms with Crippen molar-refractivity contribution < 1.29 is 24.5 Å². The number of benzene rings is 1. The number of phenols is 1. The van der Waals surface area contributed by atoms with Crippen LogP contribution in [0.2, 0.25) is 0 Å². The number of carboxylic acids is 1. The van der Waals surface area contributed by atoms with Gasteiger partial charge in [-0.3, -0.25) is 0 Å². The second-order valence-electron chi connectivity index (χ2n) is 6.59. The molecular weight excluding hydrogens is 308 g/mol. The molecule has 0 radical (unpaired) electrons. The highest BCUT2D eigenvalue weighted by Crippen LogP contribution is 2.41. The van der Waals surface area contributed by atoms with E-state index in [1.807, 2.05) is 26.0 Å². The van der Waals surface area contributed by atoms with Crippen LogP contribution in [0.25, 0.3) is 0 Å². The van der Waals surface area contributed by atoms with Crippen molar-refractivity contribution in [3.05, 3.63) is 42.0 Å². The summed E-state index contributed by atoms with van der Waals surface area (Å²) in [6.45, 7) is 4.34. The smallest absolute Gasteiger partial charge is 0.327 e. The van der Waals surface area contributed by atoms with Gasteiger partial charge in [0.2, 0.25) is 0 Å². The topological polar surface area (TPSA) is 76.0 Å². The molecule has 2 N–H and O–H groups in total. The van der Waals surface area contributed by atoms with Crippen molar-refractivity contribution >= 4 is 5.97 Å². The van der Waals surface area contributed by atoms with Gasteiger partial charge in [0.1, 0.15) is 5.75 Å². The minimum absolute atomic E-state index is 0.162. The first-order valence-electron chi connectivity index (χ1n) is 8.38. The summed E-state index contributed by atoms with van der Waals surface area (Å²) in [7, 11) is 0. The van der Waals surface area contributed by atoms with Crippen molar-refractivity contribution in [2.75, 3.05) is 6.61 Å². The van der Waals surface area contributed by atoms with Gasteiger partial charge in [0.15, 0.2) is 5.79 Å². The molecule has 5 nitrogen and oxygen atoms in total. The number of allylic oxidation sites excluding steroid dienone is 1. The minimum atomic E-state index is -0.911. The Bertz CT molecular complexity index is 579. The molecule has 1 saturated heterocycles. The molecule has 0 spiro atoms. The molecule has 0 aliphatic carbocycles. The molecule has 1 aliphatic heterocycles. The van der Waals surface area contributed by atoms with Crippen molar-refractivity contribution in [1.82, 2.24) is 0 Å². The number of carbonyl (C=O) groups is 1. The summed E-state index contributed by atoms with van der Waals surface area (Å²) in [4.78, 5) is 10.4. The number of phenolic OH excluding ortho intramolecular Hbond substituents is 1. The minimum Gasteiger partial charge on any atom is -0.508 e. The van der Waals surface area contributed by atoms with E-state index in [2.05, 4.69) is 0 Å². The third-order valence-corrected chi connectivity index (χ3v) is 4.18. The average Bonchev–Trinajstić information content (AvgIpc) is 2.51. The Morgan fingerprint density at radius 1 is 1.33 bits per heavy atom. The molecule has 132 valence electrons. The van der Waals surface area contributed by atoms with Crippen LogP contribution in [0.5, 0.6) is 5.75 Å². The van der Waals surface area contributed by atoms with E-state index in [4.69, 9.17) is 14.6 Å². The van der Waals surface area contributed by atoms with E-state index in [1.165, 1.54) is 6.08 Å². The number of hydrogen-bond acceptors (Lipinski definition) is 4. The molecule has 2 rings (SSSR count). The quantitative estimate of drug-likeness (QED) is 0.581. The Balaban J connectivity index is 1.96. The van der Waals surface area contributed by atoms with Crippen LogP contribution >= 0.6 is 0 Å². The van der Waals surface area contributed by atoms with Crippen LogP contribution < -0.4 is 0 Å². The lowest BCUT2D eigenvalue weighted by Gasteiger charge is -2.41. The van der Waals surface area contributed by atoms with Gasteiger partial charge in [0.05, 0.1) is 12.7 Å². The summed E-state index contributed by atoms with van der Waals surface area (Å²) in [6, 6.07) is 7.26. The van der Waals surface area contributed by atoms with Crippen LogP contribution in [0.15, 0.2) is 36.4 Å². The summed E-state index contributed by atoms with van der Waals surface area (Å²) in [5.74, 6) is -1.18. The Kier molecular flexibility index (Phi) is 6.40. The van der Waals surface area contributed by atoms with Gasteiger partial charge in [-0.1, -0.05) is 30.7 Å². The maximum Gasteiger partial charge on any atom is 0.327 e. The van der Waals surface area contributed by atoms with Crippen LogP contribution in [-0.2, 0) is 14.3 Å². The summed E-state index contributed by atoms with van der Waals surface area (Å²) in [5, 5.41) is 18.7. The maximum absolute atomic E-state index is 10.4.